The Bertz CT molecular complexity index is 234. The zero-order valence-corrected chi connectivity index (χ0v) is 12.4. The van der Waals surface area contributed by atoms with Crippen molar-refractivity contribution in [2.45, 2.75) is 69.8 Å². The van der Waals surface area contributed by atoms with Crippen LogP contribution in [0.5, 0.6) is 0 Å². The summed E-state index contributed by atoms with van der Waals surface area (Å²) >= 11 is 2.19. The highest BCUT2D eigenvalue weighted by Crippen LogP contribution is 2.35. The second-order valence-electron chi connectivity index (χ2n) is 5.55. The molecular weight excluding hydrogens is 228 g/mol. The molecule has 0 aromatic heterocycles. The average molecular weight is 256 g/mol. The van der Waals surface area contributed by atoms with Gasteiger partial charge in [0.05, 0.1) is 0 Å². The summed E-state index contributed by atoms with van der Waals surface area (Å²) in [4.78, 5) is 2.81. The highest BCUT2D eigenvalue weighted by Gasteiger charge is 2.36. The topological polar surface area (TPSA) is 15.3 Å². The smallest absolute Gasteiger partial charge is 0.0218 e. The van der Waals surface area contributed by atoms with Crippen LogP contribution >= 0.6 is 11.8 Å². The maximum Gasteiger partial charge on any atom is 0.0218 e. The molecule has 1 N–H and O–H groups in total. The van der Waals surface area contributed by atoms with Crippen LogP contribution in [0, 0.1) is 0 Å². The summed E-state index contributed by atoms with van der Waals surface area (Å²) in [6.07, 6.45) is 5.58. The number of thioether (sulfide) groups is 1. The molecule has 100 valence electrons. The fourth-order valence-electron chi connectivity index (χ4n) is 3.38. The van der Waals surface area contributed by atoms with Crippen molar-refractivity contribution in [1.82, 2.24) is 10.2 Å². The summed E-state index contributed by atoms with van der Waals surface area (Å²) in [7, 11) is 0. The Balaban J connectivity index is 1.98. The minimum atomic E-state index is 0.721. The standard InChI is InChI=1S/C14H28N2S/c1-4-12-10-16(11(3)9-15-12)13-7-6-8-14(13)17-5-2/h11-15H,4-10H2,1-3H3. The number of nitrogens with one attached hydrogen (secondary N) is 1. The first-order valence-corrected chi connectivity index (χ1v) is 8.41. The molecule has 0 aromatic rings. The maximum absolute atomic E-state index is 3.67. The number of rotatable bonds is 4. The van der Waals surface area contributed by atoms with Gasteiger partial charge in [-0.05, 0) is 31.9 Å². The molecule has 1 aliphatic heterocycles. The lowest BCUT2D eigenvalue weighted by molar-refractivity contribution is 0.0943. The first-order valence-electron chi connectivity index (χ1n) is 7.37. The summed E-state index contributed by atoms with van der Waals surface area (Å²) in [5.41, 5.74) is 0. The molecule has 1 saturated heterocycles. The SMILES string of the molecule is CCSC1CCCC1N1CC(CC)NCC1C. The molecule has 1 heterocycles. The lowest BCUT2D eigenvalue weighted by Gasteiger charge is -2.44. The van der Waals surface area contributed by atoms with Crippen LogP contribution in [0.2, 0.25) is 0 Å². The molecule has 0 bridgehead atoms. The fourth-order valence-corrected chi connectivity index (χ4v) is 4.66. The third-order valence-corrected chi connectivity index (χ3v) is 5.73. The first kappa shape index (κ1) is 13.7. The van der Waals surface area contributed by atoms with Gasteiger partial charge >= 0.3 is 0 Å². The minimum absolute atomic E-state index is 0.721. The van der Waals surface area contributed by atoms with Gasteiger partial charge in [-0.3, -0.25) is 4.90 Å². The van der Waals surface area contributed by atoms with Crippen molar-refractivity contribution in [3.8, 4) is 0 Å². The Morgan fingerprint density at radius 3 is 2.82 bits per heavy atom. The van der Waals surface area contributed by atoms with Crippen LogP contribution < -0.4 is 5.32 Å². The molecule has 4 unspecified atom stereocenters. The minimum Gasteiger partial charge on any atom is -0.311 e. The molecule has 1 saturated carbocycles. The normalized spacial score (nSPS) is 39.7. The summed E-state index contributed by atoms with van der Waals surface area (Å²) < 4.78 is 0. The summed E-state index contributed by atoms with van der Waals surface area (Å²) in [5, 5.41) is 4.57. The number of hydrogen-bond donors (Lipinski definition) is 1. The van der Waals surface area contributed by atoms with Crippen LogP contribution in [-0.4, -0.2) is 47.1 Å². The molecule has 0 spiro atoms. The molecule has 1 aliphatic carbocycles. The molecule has 0 radical (unpaired) electrons. The second-order valence-corrected chi connectivity index (χ2v) is 7.07. The molecule has 0 aromatic carbocycles. The number of piperazine rings is 1. The Morgan fingerprint density at radius 1 is 1.29 bits per heavy atom. The van der Waals surface area contributed by atoms with Gasteiger partial charge in [-0.1, -0.05) is 20.3 Å². The van der Waals surface area contributed by atoms with E-state index < -0.39 is 0 Å². The van der Waals surface area contributed by atoms with Crippen molar-refractivity contribution < 1.29 is 0 Å². The van der Waals surface area contributed by atoms with Gasteiger partial charge in [0.25, 0.3) is 0 Å². The Labute approximate surface area is 111 Å². The molecule has 4 atom stereocenters. The van der Waals surface area contributed by atoms with Gasteiger partial charge in [0.2, 0.25) is 0 Å². The maximum atomic E-state index is 3.67. The molecule has 2 aliphatic rings. The van der Waals surface area contributed by atoms with E-state index in [1.54, 1.807) is 0 Å². The van der Waals surface area contributed by atoms with Crippen LogP contribution in [0.4, 0.5) is 0 Å². The molecular formula is C14H28N2S. The zero-order valence-electron chi connectivity index (χ0n) is 11.6. The third kappa shape index (κ3) is 3.18. The van der Waals surface area contributed by atoms with Crippen LogP contribution in [-0.2, 0) is 0 Å². The molecule has 3 heteroatoms. The fraction of sp³-hybridized carbons (Fsp3) is 1.00. The number of hydrogen-bond acceptors (Lipinski definition) is 3. The van der Waals surface area contributed by atoms with E-state index in [9.17, 15) is 0 Å². The number of nitrogens with zero attached hydrogens (tertiary/aromatic N) is 1. The van der Waals surface area contributed by atoms with Gasteiger partial charge < -0.3 is 5.32 Å². The van der Waals surface area contributed by atoms with Crippen molar-refractivity contribution in [2.24, 2.45) is 0 Å². The van der Waals surface area contributed by atoms with E-state index in [1.807, 2.05) is 0 Å². The second kappa shape index (κ2) is 6.44. The van der Waals surface area contributed by atoms with E-state index >= 15 is 0 Å². The highest BCUT2D eigenvalue weighted by atomic mass is 32.2. The van der Waals surface area contributed by atoms with Crippen molar-refractivity contribution in [3.63, 3.8) is 0 Å². The first-order chi connectivity index (χ1) is 8.26. The van der Waals surface area contributed by atoms with E-state index in [-0.39, 0.29) is 0 Å². The summed E-state index contributed by atoms with van der Waals surface area (Å²) in [6.45, 7) is 9.45. The summed E-state index contributed by atoms with van der Waals surface area (Å²) in [6, 6.07) is 2.30. The van der Waals surface area contributed by atoms with Gasteiger partial charge in [-0.25, -0.2) is 0 Å². The van der Waals surface area contributed by atoms with E-state index in [0.717, 1.165) is 23.4 Å². The van der Waals surface area contributed by atoms with E-state index in [4.69, 9.17) is 0 Å². The molecule has 17 heavy (non-hydrogen) atoms. The quantitative estimate of drug-likeness (QED) is 0.832. The molecule has 2 fully saturated rings. The van der Waals surface area contributed by atoms with Crippen LogP contribution in [0.1, 0.15) is 46.5 Å². The van der Waals surface area contributed by atoms with Crippen molar-refractivity contribution in [3.05, 3.63) is 0 Å². The van der Waals surface area contributed by atoms with E-state index in [0.29, 0.717) is 0 Å². The largest absolute Gasteiger partial charge is 0.311 e. The average Bonchev–Trinajstić information content (AvgIpc) is 2.78. The predicted molar refractivity (Wildman–Crippen MR) is 77.8 cm³/mol. The molecule has 2 nitrogen and oxygen atoms in total. The highest BCUT2D eigenvalue weighted by molar-refractivity contribution is 7.99. The Morgan fingerprint density at radius 2 is 2.12 bits per heavy atom. The van der Waals surface area contributed by atoms with Gasteiger partial charge in [-0.15, -0.1) is 0 Å². The van der Waals surface area contributed by atoms with Crippen LogP contribution in [0.3, 0.4) is 0 Å². The summed E-state index contributed by atoms with van der Waals surface area (Å²) in [5.74, 6) is 1.28. The predicted octanol–water partition coefficient (Wildman–Crippen LogP) is 2.73. The van der Waals surface area contributed by atoms with Crippen molar-refractivity contribution in [1.29, 1.82) is 0 Å². The van der Waals surface area contributed by atoms with Gasteiger partial charge in [0.1, 0.15) is 0 Å². The molecule has 0 amide bonds. The van der Waals surface area contributed by atoms with E-state index in [2.05, 4.69) is 42.7 Å². The zero-order chi connectivity index (χ0) is 12.3. The lowest BCUT2D eigenvalue weighted by Crippen LogP contribution is -2.59. The van der Waals surface area contributed by atoms with Gasteiger partial charge in [-0.2, -0.15) is 11.8 Å². The third-order valence-electron chi connectivity index (χ3n) is 4.42. The Kier molecular flexibility index (Phi) is 5.19. The lowest BCUT2D eigenvalue weighted by atomic mass is 10.0. The van der Waals surface area contributed by atoms with Crippen molar-refractivity contribution in [2.75, 3.05) is 18.8 Å². The van der Waals surface area contributed by atoms with Crippen molar-refractivity contribution >= 4 is 11.8 Å². The van der Waals surface area contributed by atoms with Gasteiger partial charge in [0.15, 0.2) is 0 Å². The Hall–Kier alpha value is 0.270. The van der Waals surface area contributed by atoms with Crippen LogP contribution in [0.25, 0.3) is 0 Å². The van der Waals surface area contributed by atoms with Crippen LogP contribution in [0.15, 0.2) is 0 Å². The van der Waals surface area contributed by atoms with E-state index in [1.165, 1.54) is 44.5 Å². The van der Waals surface area contributed by atoms with Gasteiger partial charge in [0, 0.05) is 36.5 Å². The molecule has 2 rings (SSSR count). The monoisotopic (exact) mass is 256 g/mol.